The van der Waals surface area contributed by atoms with Crippen molar-refractivity contribution in [2.75, 3.05) is 38.6 Å². The van der Waals surface area contributed by atoms with Gasteiger partial charge in [-0.25, -0.2) is 5.32 Å². The van der Waals surface area contributed by atoms with Crippen molar-refractivity contribution in [1.29, 1.82) is 0 Å². The van der Waals surface area contributed by atoms with E-state index in [2.05, 4.69) is 4.90 Å². The molecule has 2 heterocycles. The smallest absolute Gasteiger partial charge is 0.416 e. The van der Waals surface area contributed by atoms with Gasteiger partial charge in [-0.1, -0.05) is 29.7 Å². The average Bonchev–Trinajstić information content (AvgIpc) is 2.79. The van der Waals surface area contributed by atoms with Gasteiger partial charge in [0.15, 0.2) is 0 Å². The molecule has 173 valence electrons. The van der Waals surface area contributed by atoms with E-state index in [0.717, 1.165) is 37.9 Å². The first-order valence-electron chi connectivity index (χ1n) is 11.4. The molecule has 8 heteroatoms. The van der Waals surface area contributed by atoms with E-state index in [1.807, 2.05) is 0 Å². The van der Waals surface area contributed by atoms with Crippen molar-refractivity contribution in [3.8, 4) is 0 Å². The average molecular weight is 458 g/mol. The Hall–Kier alpha value is -0.800. The van der Waals surface area contributed by atoms with Crippen molar-refractivity contribution in [3.05, 3.63) is 35.4 Å². The molecule has 3 aliphatic rings. The molecule has 0 spiro atoms. The molecular weight excluding hydrogens is 425 g/mol. The second kappa shape index (κ2) is 10.4. The lowest BCUT2D eigenvalue weighted by Gasteiger charge is -2.43. The number of nitrogens with zero attached hydrogens (tertiary/aromatic N) is 2. The molecule has 4 atom stereocenters. The number of piperidine rings is 1. The van der Waals surface area contributed by atoms with Crippen LogP contribution in [0.1, 0.15) is 55.6 Å². The Morgan fingerprint density at radius 3 is 2.48 bits per heavy atom. The lowest BCUT2D eigenvalue weighted by Crippen LogP contribution is -2.54. The Morgan fingerprint density at radius 2 is 1.84 bits per heavy atom. The van der Waals surface area contributed by atoms with Crippen LogP contribution < -0.4 is 5.32 Å². The van der Waals surface area contributed by atoms with E-state index in [-0.39, 0.29) is 18.0 Å². The Kier molecular flexibility index (Phi) is 7.85. The van der Waals surface area contributed by atoms with Crippen LogP contribution in [-0.4, -0.2) is 59.5 Å². The monoisotopic (exact) mass is 457 g/mol. The molecule has 2 saturated heterocycles. The lowest BCUT2D eigenvalue weighted by molar-refractivity contribution is -0.137. The lowest BCUT2D eigenvalue weighted by atomic mass is 9.84. The second-order valence-electron chi connectivity index (χ2n) is 9.14. The molecule has 1 aliphatic carbocycles. The summed E-state index contributed by atoms with van der Waals surface area (Å²) in [5.41, 5.74) is 0.303. The summed E-state index contributed by atoms with van der Waals surface area (Å²) in [7, 11) is 0. The van der Waals surface area contributed by atoms with E-state index in [4.69, 9.17) is 10.1 Å². The number of halogens is 3. The molecule has 0 bridgehead atoms. The molecule has 2 aliphatic heterocycles. The molecule has 4 unspecified atom stereocenters. The van der Waals surface area contributed by atoms with E-state index >= 15 is 0 Å². The quantitative estimate of drug-likeness (QED) is 0.624. The molecule has 1 aromatic rings. The summed E-state index contributed by atoms with van der Waals surface area (Å²) >= 11 is -0.848. The van der Waals surface area contributed by atoms with Gasteiger partial charge in [-0.2, -0.15) is 13.2 Å². The maximum absolute atomic E-state index is 13.1. The Balaban J connectivity index is 1.47. The number of likely N-dealkylation sites (tertiary alicyclic amines) is 1. The van der Waals surface area contributed by atoms with Crippen LogP contribution in [0.5, 0.6) is 0 Å². The standard InChI is InChI=1S/C23H32F3N2O2S/c24-23(25,26)20-8-6-18(7-9-20)19-12-17(16-31(29)21-4-2-1-3-5-21)13-28(14-19)22-15-30-11-10-27-22/h6-9,17,19,21-22H,1-5,10-16H2. The molecule has 1 radical (unpaired) electrons. The molecule has 0 aromatic heterocycles. The van der Waals surface area contributed by atoms with Crippen molar-refractivity contribution >= 4 is 11.2 Å². The summed E-state index contributed by atoms with van der Waals surface area (Å²) in [5.74, 6) is 1.04. The Morgan fingerprint density at radius 1 is 1.10 bits per heavy atom. The SMILES string of the molecule is [O-][S+](CC1CC(c2ccc(C(F)(F)F)cc2)CN(C2COCC[N]2)C1)C1CCCCC1. The number of morpholine rings is 1. The minimum Gasteiger partial charge on any atom is -0.616 e. The van der Waals surface area contributed by atoms with Gasteiger partial charge in [0.25, 0.3) is 0 Å². The van der Waals surface area contributed by atoms with E-state index in [9.17, 15) is 17.7 Å². The molecule has 4 rings (SSSR count). The largest absolute Gasteiger partial charge is 0.616 e. The molecule has 0 amide bonds. The van der Waals surface area contributed by atoms with Crippen LogP contribution in [0.4, 0.5) is 13.2 Å². The van der Waals surface area contributed by atoms with Crippen molar-refractivity contribution in [2.45, 2.75) is 62.0 Å². The van der Waals surface area contributed by atoms with Crippen LogP contribution in [0.15, 0.2) is 24.3 Å². The summed E-state index contributed by atoms with van der Waals surface area (Å²) in [4.78, 5) is 2.30. The highest BCUT2D eigenvalue weighted by Crippen LogP contribution is 2.36. The zero-order valence-corrected chi connectivity index (χ0v) is 18.7. The maximum atomic E-state index is 13.1. The summed E-state index contributed by atoms with van der Waals surface area (Å²) in [6, 6.07) is 5.58. The third-order valence-electron chi connectivity index (χ3n) is 6.86. The van der Waals surface area contributed by atoms with Crippen LogP contribution in [0.3, 0.4) is 0 Å². The van der Waals surface area contributed by atoms with Gasteiger partial charge in [-0.15, -0.1) is 0 Å². The Labute approximate surface area is 186 Å². The van der Waals surface area contributed by atoms with Gasteiger partial charge in [0, 0.05) is 25.6 Å². The highest BCUT2D eigenvalue weighted by Gasteiger charge is 2.37. The minimum absolute atomic E-state index is 0.0170. The van der Waals surface area contributed by atoms with Crippen molar-refractivity contribution in [3.63, 3.8) is 0 Å². The van der Waals surface area contributed by atoms with E-state index < -0.39 is 22.9 Å². The normalized spacial score (nSPS) is 30.3. The van der Waals surface area contributed by atoms with Crippen molar-refractivity contribution < 1.29 is 22.5 Å². The van der Waals surface area contributed by atoms with Gasteiger partial charge in [-0.05, 0) is 55.7 Å². The summed E-state index contributed by atoms with van der Waals surface area (Å²) < 4.78 is 57.6. The van der Waals surface area contributed by atoms with E-state index in [1.54, 1.807) is 12.1 Å². The topological polar surface area (TPSA) is 49.6 Å². The van der Waals surface area contributed by atoms with Crippen molar-refractivity contribution in [1.82, 2.24) is 10.2 Å². The number of ether oxygens (including phenoxy) is 1. The van der Waals surface area contributed by atoms with Crippen LogP contribution in [0.2, 0.25) is 0 Å². The number of benzene rings is 1. The first kappa shape index (κ1) is 23.4. The number of rotatable bonds is 5. The molecule has 0 N–H and O–H groups in total. The molecule has 31 heavy (non-hydrogen) atoms. The summed E-state index contributed by atoms with van der Waals surface area (Å²) in [5, 5.41) is 5.01. The highest BCUT2D eigenvalue weighted by atomic mass is 32.2. The van der Waals surface area contributed by atoms with Gasteiger partial charge in [0.2, 0.25) is 0 Å². The molecule has 4 nitrogen and oxygen atoms in total. The zero-order valence-electron chi connectivity index (χ0n) is 17.9. The van der Waals surface area contributed by atoms with Gasteiger partial charge < -0.3 is 9.29 Å². The number of hydrogen-bond acceptors (Lipinski definition) is 3. The number of alkyl halides is 3. The third kappa shape index (κ3) is 6.16. The van der Waals surface area contributed by atoms with Gasteiger partial charge in [0.05, 0.1) is 24.9 Å². The molecule has 1 aromatic carbocycles. The zero-order chi connectivity index (χ0) is 21.8. The van der Waals surface area contributed by atoms with Crippen LogP contribution in [0, 0.1) is 5.92 Å². The Bertz CT molecular complexity index is 689. The molecule has 3 fully saturated rings. The second-order valence-corrected chi connectivity index (χ2v) is 10.9. The van der Waals surface area contributed by atoms with Crippen LogP contribution in [-0.2, 0) is 22.1 Å². The van der Waals surface area contributed by atoms with E-state index in [1.165, 1.54) is 31.4 Å². The number of hydrogen-bond donors (Lipinski definition) is 0. The third-order valence-corrected chi connectivity index (χ3v) is 8.88. The van der Waals surface area contributed by atoms with E-state index in [0.29, 0.717) is 30.8 Å². The fourth-order valence-electron chi connectivity index (χ4n) is 5.22. The maximum Gasteiger partial charge on any atom is 0.416 e. The van der Waals surface area contributed by atoms with Crippen LogP contribution in [0.25, 0.3) is 0 Å². The first-order valence-corrected chi connectivity index (χ1v) is 12.8. The fraction of sp³-hybridized carbons (Fsp3) is 0.739. The fourth-order valence-corrected chi connectivity index (χ4v) is 7.05. The van der Waals surface area contributed by atoms with Gasteiger partial charge >= 0.3 is 6.18 Å². The summed E-state index contributed by atoms with van der Waals surface area (Å²) in [6.07, 6.45) is 2.19. The summed E-state index contributed by atoms with van der Waals surface area (Å²) in [6.45, 7) is 3.44. The minimum atomic E-state index is -4.32. The van der Waals surface area contributed by atoms with Crippen molar-refractivity contribution in [2.24, 2.45) is 5.92 Å². The molecular formula is C23H32F3N2O2S. The molecule has 1 saturated carbocycles. The van der Waals surface area contributed by atoms with Gasteiger partial charge in [-0.3, -0.25) is 4.90 Å². The predicted molar refractivity (Wildman–Crippen MR) is 115 cm³/mol. The first-order chi connectivity index (χ1) is 14.9. The van der Waals surface area contributed by atoms with Crippen LogP contribution >= 0.6 is 0 Å². The highest BCUT2D eigenvalue weighted by molar-refractivity contribution is 7.92. The predicted octanol–water partition coefficient (Wildman–Crippen LogP) is 4.15. The van der Waals surface area contributed by atoms with Gasteiger partial charge in [0.1, 0.15) is 11.0 Å².